The minimum atomic E-state index is 0.300. The lowest BCUT2D eigenvalue weighted by atomic mass is 9.75. The summed E-state index contributed by atoms with van der Waals surface area (Å²) in [5, 5.41) is 13.8. The normalized spacial score (nSPS) is 17.8. The van der Waals surface area contributed by atoms with Gasteiger partial charge in [0.15, 0.2) is 0 Å². The first-order chi connectivity index (χ1) is 8.53. The van der Waals surface area contributed by atoms with Crippen molar-refractivity contribution in [1.29, 1.82) is 0 Å². The summed E-state index contributed by atoms with van der Waals surface area (Å²) in [6, 6.07) is 5.16. The summed E-state index contributed by atoms with van der Waals surface area (Å²) in [4.78, 5) is 2.31. The number of hydrogen-bond acceptors (Lipinski definition) is 3. The third kappa shape index (κ3) is 2.79. The first-order valence-corrected chi connectivity index (χ1v) is 6.77. The van der Waals surface area contributed by atoms with Gasteiger partial charge in [0.2, 0.25) is 0 Å². The molecule has 0 saturated heterocycles. The van der Waals surface area contributed by atoms with Crippen molar-refractivity contribution in [2.45, 2.75) is 31.3 Å². The predicted molar refractivity (Wildman–Crippen MR) is 75.1 cm³/mol. The molecule has 0 heterocycles. The van der Waals surface area contributed by atoms with Crippen molar-refractivity contribution in [3.8, 4) is 5.75 Å². The second-order valence-corrected chi connectivity index (χ2v) is 5.79. The van der Waals surface area contributed by atoms with Crippen LogP contribution >= 0.6 is 11.6 Å². The summed E-state index contributed by atoms with van der Waals surface area (Å²) in [5.74, 6) is 0.305. The second kappa shape index (κ2) is 5.47. The van der Waals surface area contributed by atoms with Crippen molar-refractivity contribution in [1.82, 2.24) is 10.2 Å². The van der Waals surface area contributed by atoms with Crippen LogP contribution < -0.4 is 5.32 Å². The van der Waals surface area contributed by atoms with Crippen LogP contribution in [0.1, 0.15) is 24.8 Å². The molecule has 18 heavy (non-hydrogen) atoms. The largest absolute Gasteiger partial charge is 0.508 e. The fraction of sp³-hybridized carbons (Fsp3) is 0.571. The Morgan fingerprint density at radius 1 is 1.39 bits per heavy atom. The van der Waals surface area contributed by atoms with Crippen LogP contribution in [-0.2, 0) is 6.54 Å². The van der Waals surface area contributed by atoms with E-state index >= 15 is 0 Å². The van der Waals surface area contributed by atoms with Gasteiger partial charge in [-0.3, -0.25) is 0 Å². The molecule has 0 spiro atoms. The van der Waals surface area contributed by atoms with E-state index in [4.69, 9.17) is 11.6 Å². The number of phenolic OH excluding ortho intramolecular Hbond substituents is 1. The molecule has 0 bridgehead atoms. The average molecular weight is 269 g/mol. The molecule has 100 valence electrons. The minimum absolute atomic E-state index is 0.300. The van der Waals surface area contributed by atoms with E-state index in [9.17, 15) is 5.11 Å². The van der Waals surface area contributed by atoms with Gasteiger partial charge in [-0.2, -0.15) is 0 Å². The molecule has 1 aliphatic rings. The molecule has 0 radical (unpaired) electrons. The first kappa shape index (κ1) is 13.7. The Hall–Kier alpha value is -0.770. The monoisotopic (exact) mass is 268 g/mol. The standard InChI is InChI=1S/C14H21ClN2O/c1-17(2)14(6-3-7-14)10-16-9-11-8-12(15)4-5-13(11)18/h4-5,8,16,18H,3,6-7,9-10H2,1-2H3. The van der Waals surface area contributed by atoms with Crippen molar-refractivity contribution in [2.24, 2.45) is 0 Å². The summed E-state index contributed by atoms with van der Waals surface area (Å²) in [6.45, 7) is 1.61. The lowest BCUT2D eigenvalue weighted by Crippen LogP contribution is -2.56. The van der Waals surface area contributed by atoms with Gasteiger partial charge in [0.05, 0.1) is 0 Å². The lowest BCUT2D eigenvalue weighted by molar-refractivity contribution is 0.0598. The minimum Gasteiger partial charge on any atom is -0.508 e. The van der Waals surface area contributed by atoms with Crippen molar-refractivity contribution in [3.05, 3.63) is 28.8 Å². The van der Waals surface area contributed by atoms with Crippen molar-refractivity contribution < 1.29 is 5.11 Å². The molecular formula is C14H21ClN2O. The summed E-state index contributed by atoms with van der Waals surface area (Å²) in [7, 11) is 4.27. The molecule has 0 amide bonds. The van der Waals surface area contributed by atoms with E-state index in [2.05, 4.69) is 24.3 Å². The molecule has 0 aliphatic heterocycles. The Bertz CT molecular complexity index is 416. The zero-order valence-corrected chi connectivity index (χ0v) is 11.8. The van der Waals surface area contributed by atoms with Crippen molar-refractivity contribution in [2.75, 3.05) is 20.6 Å². The topological polar surface area (TPSA) is 35.5 Å². The predicted octanol–water partition coefficient (Wildman–Crippen LogP) is 2.62. The fourth-order valence-electron chi connectivity index (χ4n) is 2.49. The fourth-order valence-corrected chi connectivity index (χ4v) is 2.69. The van der Waals surface area contributed by atoms with Crippen LogP contribution in [0.15, 0.2) is 18.2 Å². The van der Waals surface area contributed by atoms with Crippen LogP contribution in [0.2, 0.25) is 5.02 Å². The second-order valence-electron chi connectivity index (χ2n) is 5.35. The number of hydrogen-bond donors (Lipinski definition) is 2. The quantitative estimate of drug-likeness (QED) is 0.862. The molecule has 1 aromatic rings. The van der Waals surface area contributed by atoms with Gasteiger partial charge in [0, 0.05) is 29.2 Å². The van der Waals surface area contributed by atoms with Gasteiger partial charge in [-0.05, 0) is 51.6 Å². The number of aromatic hydroxyl groups is 1. The van der Waals surface area contributed by atoms with E-state index in [0.29, 0.717) is 22.9 Å². The van der Waals surface area contributed by atoms with Gasteiger partial charge in [0.25, 0.3) is 0 Å². The first-order valence-electron chi connectivity index (χ1n) is 6.39. The Morgan fingerprint density at radius 2 is 2.11 bits per heavy atom. The average Bonchev–Trinajstić information content (AvgIpc) is 2.26. The number of halogens is 1. The van der Waals surface area contributed by atoms with E-state index in [-0.39, 0.29) is 0 Å². The van der Waals surface area contributed by atoms with Crippen molar-refractivity contribution in [3.63, 3.8) is 0 Å². The SMILES string of the molecule is CN(C)C1(CNCc2cc(Cl)ccc2O)CCC1. The Labute approximate surface area is 114 Å². The highest BCUT2D eigenvalue weighted by Gasteiger charge is 2.38. The van der Waals surface area contributed by atoms with Gasteiger partial charge >= 0.3 is 0 Å². The molecule has 1 aromatic carbocycles. The highest BCUT2D eigenvalue weighted by atomic mass is 35.5. The van der Waals surface area contributed by atoms with E-state index in [1.165, 1.54) is 19.3 Å². The third-order valence-electron chi connectivity index (χ3n) is 4.04. The van der Waals surface area contributed by atoms with Crippen LogP contribution in [0, 0.1) is 0 Å². The van der Waals surface area contributed by atoms with Gasteiger partial charge < -0.3 is 15.3 Å². The van der Waals surface area contributed by atoms with E-state index in [1.54, 1.807) is 12.1 Å². The van der Waals surface area contributed by atoms with Crippen LogP contribution in [0.25, 0.3) is 0 Å². The van der Waals surface area contributed by atoms with Crippen LogP contribution in [0.3, 0.4) is 0 Å². The van der Waals surface area contributed by atoms with Gasteiger partial charge in [-0.15, -0.1) is 0 Å². The van der Waals surface area contributed by atoms with Gasteiger partial charge in [-0.25, -0.2) is 0 Å². The summed E-state index contributed by atoms with van der Waals surface area (Å²) in [5.41, 5.74) is 1.16. The summed E-state index contributed by atoms with van der Waals surface area (Å²) < 4.78 is 0. The van der Waals surface area contributed by atoms with Gasteiger partial charge in [0.1, 0.15) is 5.75 Å². The number of nitrogens with zero attached hydrogens (tertiary/aromatic N) is 1. The number of likely N-dealkylation sites (N-methyl/N-ethyl adjacent to an activating group) is 1. The maximum absolute atomic E-state index is 9.74. The number of benzene rings is 1. The van der Waals surface area contributed by atoms with Crippen LogP contribution in [-0.4, -0.2) is 36.2 Å². The molecule has 0 aromatic heterocycles. The molecule has 1 fully saturated rings. The molecule has 0 atom stereocenters. The molecule has 1 aliphatic carbocycles. The zero-order valence-electron chi connectivity index (χ0n) is 11.0. The maximum atomic E-state index is 9.74. The molecule has 4 heteroatoms. The Morgan fingerprint density at radius 3 is 2.67 bits per heavy atom. The molecule has 2 N–H and O–H groups in total. The van der Waals surface area contributed by atoms with Crippen molar-refractivity contribution >= 4 is 11.6 Å². The van der Waals surface area contributed by atoms with E-state index in [1.807, 2.05) is 6.07 Å². The third-order valence-corrected chi connectivity index (χ3v) is 4.28. The highest BCUT2D eigenvalue weighted by molar-refractivity contribution is 6.30. The van der Waals surface area contributed by atoms with E-state index < -0.39 is 0 Å². The van der Waals surface area contributed by atoms with Crippen LogP contribution in [0.5, 0.6) is 5.75 Å². The van der Waals surface area contributed by atoms with E-state index in [0.717, 1.165) is 12.1 Å². The number of rotatable bonds is 5. The zero-order chi connectivity index (χ0) is 13.2. The molecule has 2 rings (SSSR count). The molecule has 3 nitrogen and oxygen atoms in total. The highest BCUT2D eigenvalue weighted by Crippen LogP contribution is 2.35. The Balaban J connectivity index is 1.90. The van der Waals surface area contributed by atoms with Gasteiger partial charge in [-0.1, -0.05) is 11.6 Å². The smallest absolute Gasteiger partial charge is 0.120 e. The lowest BCUT2D eigenvalue weighted by Gasteiger charge is -2.47. The Kier molecular flexibility index (Phi) is 4.15. The molecule has 0 unspecified atom stereocenters. The maximum Gasteiger partial charge on any atom is 0.120 e. The summed E-state index contributed by atoms with van der Waals surface area (Å²) in [6.07, 6.45) is 3.80. The number of phenols is 1. The summed E-state index contributed by atoms with van der Waals surface area (Å²) >= 11 is 5.93. The number of nitrogens with one attached hydrogen (secondary N) is 1. The van der Waals surface area contributed by atoms with Crippen LogP contribution in [0.4, 0.5) is 0 Å². The molecule has 1 saturated carbocycles. The molecular weight excluding hydrogens is 248 g/mol.